The largest absolute Gasteiger partial charge is 0.478 e. The predicted molar refractivity (Wildman–Crippen MR) is 79.3 cm³/mol. The molecule has 2 rings (SSSR count). The van der Waals surface area contributed by atoms with E-state index in [4.69, 9.17) is 5.11 Å². The summed E-state index contributed by atoms with van der Waals surface area (Å²) in [7, 11) is 1.80. The zero-order valence-electron chi connectivity index (χ0n) is 12.1. The first kappa shape index (κ1) is 15.3. The maximum atomic E-state index is 12.1. The molecular weight excluding hydrogens is 270 g/mol. The molecule has 0 atom stereocenters. The van der Waals surface area contributed by atoms with E-state index >= 15 is 0 Å². The Balaban J connectivity index is 1.88. The van der Waals surface area contributed by atoms with E-state index in [1.807, 2.05) is 0 Å². The number of aromatic carboxylic acids is 1. The van der Waals surface area contributed by atoms with Crippen molar-refractivity contribution >= 4 is 12.0 Å². The maximum Gasteiger partial charge on any atom is 0.335 e. The summed E-state index contributed by atoms with van der Waals surface area (Å²) in [6, 6.07) is 6.74. The molecule has 0 saturated carbocycles. The normalized spacial score (nSPS) is 15.5. The van der Waals surface area contributed by atoms with E-state index in [-0.39, 0.29) is 17.6 Å². The number of carboxylic acid groups (broad SMARTS) is 1. The highest BCUT2D eigenvalue weighted by Crippen LogP contribution is 2.10. The molecular formula is C15H21N3O3. The minimum absolute atomic E-state index is 0.123. The van der Waals surface area contributed by atoms with Gasteiger partial charge in [0.15, 0.2) is 0 Å². The van der Waals surface area contributed by atoms with Crippen LogP contribution >= 0.6 is 0 Å². The Morgan fingerprint density at radius 2 is 2.10 bits per heavy atom. The lowest BCUT2D eigenvalue weighted by Gasteiger charge is -2.31. The van der Waals surface area contributed by atoms with E-state index in [1.165, 1.54) is 6.07 Å². The van der Waals surface area contributed by atoms with Crippen molar-refractivity contribution in [3.63, 3.8) is 0 Å². The SMILES string of the molecule is CN(C(=O)NCc1cccc(C(=O)O)c1)C1CCNCC1. The standard InChI is InChI=1S/C15H21N3O3/c1-18(13-5-7-16-8-6-13)15(21)17-10-11-3-2-4-12(9-11)14(19)20/h2-4,9,13,16H,5-8,10H2,1H3,(H,17,21)(H,19,20). The number of carbonyl (C=O) groups excluding carboxylic acids is 1. The van der Waals surface area contributed by atoms with Crippen LogP contribution in [0.4, 0.5) is 4.79 Å². The van der Waals surface area contributed by atoms with E-state index in [9.17, 15) is 9.59 Å². The number of rotatable bonds is 4. The minimum atomic E-state index is -0.963. The quantitative estimate of drug-likeness (QED) is 0.780. The second-order valence-electron chi connectivity index (χ2n) is 5.26. The molecule has 2 amide bonds. The van der Waals surface area contributed by atoms with Gasteiger partial charge in [0.05, 0.1) is 5.56 Å². The van der Waals surface area contributed by atoms with Gasteiger partial charge in [-0.3, -0.25) is 0 Å². The van der Waals surface area contributed by atoms with Crippen LogP contribution in [-0.2, 0) is 6.54 Å². The smallest absolute Gasteiger partial charge is 0.335 e. The molecule has 0 unspecified atom stereocenters. The fourth-order valence-electron chi connectivity index (χ4n) is 2.48. The van der Waals surface area contributed by atoms with Gasteiger partial charge in [0.1, 0.15) is 0 Å². The molecule has 1 fully saturated rings. The van der Waals surface area contributed by atoms with Crippen LogP contribution in [0.1, 0.15) is 28.8 Å². The average Bonchev–Trinajstić information content (AvgIpc) is 2.53. The Bertz CT molecular complexity index is 513. The molecule has 0 bridgehead atoms. The van der Waals surface area contributed by atoms with Crippen LogP contribution in [-0.4, -0.2) is 48.2 Å². The average molecular weight is 291 g/mol. The number of hydrogen-bond donors (Lipinski definition) is 3. The van der Waals surface area contributed by atoms with E-state index in [0.717, 1.165) is 31.5 Å². The first-order valence-electron chi connectivity index (χ1n) is 7.11. The lowest BCUT2D eigenvalue weighted by atomic mass is 10.1. The molecule has 1 aromatic rings. The number of carboxylic acids is 1. The molecule has 1 aliphatic heterocycles. The van der Waals surface area contributed by atoms with E-state index in [2.05, 4.69) is 10.6 Å². The molecule has 0 aliphatic carbocycles. The van der Waals surface area contributed by atoms with Crippen LogP contribution in [0.3, 0.4) is 0 Å². The van der Waals surface area contributed by atoms with Crippen LogP contribution in [0.15, 0.2) is 24.3 Å². The van der Waals surface area contributed by atoms with Crippen molar-refractivity contribution in [3.8, 4) is 0 Å². The van der Waals surface area contributed by atoms with Crippen molar-refractivity contribution in [2.75, 3.05) is 20.1 Å². The highest BCUT2D eigenvalue weighted by Gasteiger charge is 2.21. The third-order valence-electron chi connectivity index (χ3n) is 3.79. The fourth-order valence-corrected chi connectivity index (χ4v) is 2.48. The zero-order valence-corrected chi connectivity index (χ0v) is 12.1. The molecule has 3 N–H and O–H groups in total. The third-order valence-corrected chi connectivity index (χ3v) is 3.79. The second-order valence-corrected chi connectivity index (χ2v) is 5.26. The summed E-state index contributed by atoms with van der Waals surface area (Å²) in [6.07, 6.45) is 1.91. The summed E-state index contributed by atoms with van der Waals surface area (Å²) in [5.41, 5.74) is 1.01. The maximum absolute atomic E-state index is 12.1. The van der Waals surface area contributed by atoms with E-state index < -0.39 is 5.97 Å². The molecule has 1 aromatic carbocycles. The van der Waals surface area contributed by atoms with Gasteiger partial charge >= 0.3 is 12.0 Å². The Hall–Kier alpha value is -2.08. The van der Waals surface area contributed by atoms with Gasteiger partial charge in [-0.25, -0.2) is 9.59 Å². The highest BCUT2D eigenvalue weighted by molar-refractivity contribution is 5.87. The second kappa shape index (κ2) is 7.08. The molecule has 21 heavy (non-hydrogen) atoms. The van der Waals surface area contributed by atoms with Crippen molar-refractivity contribution in [1.82, 2.24) is 15.5 Å². The van der Waals surface area contributed by atoms with Crippen LogP contribution in [0.5, 0.6) is 0 Å². The Morgan fingerprint density at radius 3 is 2.76 bits per heavy atom. The summed E-state index contributed by atoms with van der Waals surface area (Å²) >= 11 is 0. The molecule has 0 aromatic heterocycles. The summed E-state index contributed by atoms with van der Waals surface area (Å²) in [5.74, 6) is -0.963. The van der Waals surface area contributed by atoms with Crippen LogP contribution in [0, 0.1) is 0 Å². The van der Waals surface area contributed by atoms with Crippen molar-refractivity contribution < 1.29 is 14.7 Å². The number of amides is 2. The fraction of sp³-hybridized carbons (Fsp3) is 0.467. The Labute approximate surface area is 124 Å². The molecule has 114 valence electrons. The van der Waals surface area contributed by atoms with E-state index in [1.54, 1.807) is 30.1 Å². The van der Waals surface area contributed by atoms with Gasteiger partial charge in [-0.05, 0) is 43.6 Å². The monoisotopic (exact) mass is 291 g/mol. The van der Waals surface area contributed by atoms with Crippen molar-refractivity contribution in [2.24, 2.45) is 0 Å². The predicted octanol–water partition coefficient (Wildman–Crippen LogP) is 1.28. The summed E-state index contributed by atoms with van der Waals surface area (Å²) < 4.78 is 0. The highest BCUT2D eigenvalue weighted by atomic mass is 16.4. The number of hydrogen-bond acceptors (Lipinski definition) is 3. The molecule has 1 saturated heterocycles. The summed E-state index contributed by atoms with van der Waals surface area (Å²) in [5, 5.41) is 15.0. The number of benzene rings is 1. The molecule has 6 nitrogen and oxygen atoms in total. The summed E-state index contributed by atoms with van der Waals surface area (Å²) in [4.78, 5) is 24.8. The summed E-state index contributed by atoms with van der Waals surface area (Å²) in [6.45, 7) is 2.20. The van der Waals surface area contributed by atoms with Crippen molar-refractivity contribution in [3.05, 3.63) is 35.4 Å². The first-order valence-corrected chi connectivity index (χ1v) is 7.11. The van der Waals surface area contributed by atoms with Gasteiger partial charge in [-0.1, -0.05) is 12.1 Å². The first-order chi connectivity index (χ1) is 10.1. The van der Waals surface area contributed by atoms with Gasteiger partial charge < -0.3 is 20.6 Å². The third kappa shape index (κ3) is 4.19. The van der Waals surface area contributed by atoms with Crippen molar-refractivity contribution in [1.29, 1.82) is 0 Å². The van der Waals surface area contributed by atoms with Gasteiger partial charge in [-0.2, -0.15) is 0 Å². The number of piperidine rings is 1. The van der Waals surface area contributed by atoms with Crippen LogP contribution in [0.2, 0.25) is 0 Å². The Kier molecular flexibility index (Phi) is 5.16. The lowest BCUT2D eigenvalue weighted by molar-refractivity contribution is 0.0696. The zero-order chi connectivity index (χ0) is 15.2. The van der Waals surface area contributed by atoms with Crippen LogP contribution < -0.4 is 10.6 Å². The number of nitrogens with zero attached hydrogens (tertiary/aromatic N) is 1. The number of urea groups is 1. The van der Waals surface area contributed by atoms with Gasteiger partial charge in [0, 0.05) is 19.6 Å². The number of nitrogens with one attached hydrogen (secondary N) is 2. The molecule has 0 spiro atoms. The van der Waals surface area contributed by atoms with Crippen molar-refractivity contribution in [2.45, 2.75) is 25.4 Å². The molecule has 0 radical (unpaired) electrons. The molecule has 6 heteroatoms. The van der Waals surface area contributed by atoms with E-state index in [0.29, 0.717) is 6.54 Å². The topological polar surface area (TPSA) is 81.7 Å². The minimum Gasteiger partial charge on any atom is -0.478 e. The number of carbonyl (C=O) groups is 2. The molecule has 1 aliphatic rings. The Morgan fingerprint density at radius 1 is 1.38 bits per heavy atom. The van der Waals surface area contributed by atoms with Gasteiger partial charge in [-0.15, -0.1) is 0 Å². The van der Waals surface area contributed by atoms with Gasteiger partial charge in [0.25, 0.3) is 0 Å². The molecule has 1 heterocycles. The van der Waals surface area contributed by atoms with Gasteiger partial charge in [0.2, 0.25) is 0 Å². The van der Waals surface area contributed by atoms with Crippen LogP contribution in [0.25, 0.3) is 0 Å². The lowest BCUT2D eigenvalue weighted by Crippen LogP contribution is -2.47.